The van der Waals surface area contributed by atoms with E-state index in [0.29, 0.717) is 11.6 Å². The molecule has 0 saturated heterocycles. The maximum absolute atomic E-state index is 5.69. The van der Waals surface area contributed by atoms with Crippen LogP contribution in [0.4, 0.5) is 0 Å². The van der Waals surface area contributed by atoms with E-state index in [1.54, 1.807) is 12.4 Å². The van der Waals surface area contributed by atoms with Gasteiger partial charge in [-0.2, -0.15) is 4.98 Å². The lowest BCUT2D eigenvalue weighted by molar-refractivity contribution is 0.455. The van der Waals surface area contributed by atoms with E-state index >= 15 is 0 Å². The molecule has 0 N–H and O–H groups in total. The number of rotatable bonds is 2. The second-order valence-electron chi connectivity index (χ2n) is 3.36. The van der Waals surface area contributed by atoms with Crippen LogP contribution in [0.5, 0.6) is 11.6 Å². The third-order valence-electron chi connectivity index (χ3n) is 1.99. The number of halogens is 1. The molecule has 0 fully saturated rings. The Morgan fingerprint density at radius 1 is 1.12 bits per heavy atom. The molecule has 2 heterocycles. The highest BCUT2D eigenvalue weighted by Crippen LogP contribution is 2.22. The number of hydrogen-bond donors (Lipinski definition) is 0. The Bertz CT molecular complexity index is 499. The first-order chi connectivity index (χ1) is 7.65. The number of nitrogens with zero attached hydrogens (tertiary/aromatic N) is 3. The zero-order valence-electron chi connectivity index (χ0n) is 8.94. The largest absolute Gasteiger partial charge is 0.437 e. The van der Waals surface area contributed by atoms with Gasteiger partial charge in [-0.05, 0) is 37.6 Å². The fourth-order valence-corrected chi connectivity index (χ4v) is 1.26. The van der Waals surface area contributed by atoms with Crippen LogP contribution in [-0.2, 0) is 0 Å². The second-order valence-corrected chi connectivity index (χ2v) is 3.70. The first-order valence-corrected chi connectivity index (χ1v) is 5.12. The average molecular weight is 236 g/mol. The van der Waals surface area contributed by atoms with E-state index < -0.39 is 0 Å². The Morgan fingerprint density at radius 3 is 2.62 bits per heavy atom. The average Bonchev–Trinajstić information content (AvgIpc) is 2.27. The summed E-state index contributed by atoms with van der Waals surface area (Å²) in [6.07, 6.45) is 3.26. The Morgan fingerprint density at radius 2 is 1.94 bits per heavy atom. The summed E-state index contributed by atoms with van der Waals surface area (Å²) in [5, 5.41) is 0.167. The van der Waals surface area contributed by atoms with Crippen molar-refractivity contribution < 1.29 is 4.74 Å². The van der Waals surface area contributed by atoms with Gasteiger partial charge in [0.2, 0.25) is 11.2 Å². The maximum atomic E-state index is 5.69. The maximum Gasteiger partial charge on any atom is 0.226 e. The fourth-order valence-electron chi connectivity index (χ4n) is 1.14. The standard InChI is InChI=1S/C11H10ClN3O/c1-7-5-14-11(12)15-10(7)16-9-4-3-8(2)13-6-9/h3-6H,1-2H3. The van der Waals surface area contributed by atoms with Crippen molar-refractivity contribution in [3.63, 3.8) is 0 Å². The minimum Gasteiger partial charge on any atom is -0.437 e. The highest BCUT2D eigenvalue weighted by Gasteiger charge is 2.05. The number of pyridine rings is 1. The summed E-state index contributed by atoms with van der Waals surface area (Å²) in [6.45, 7) is 3.77. The molecule has 5 heteroatoms. The Balaban J connectivity index is 2.26. The summed E-state index contributed by atoms with van der Waals surface area (Å²) in [4.78, 5) is 12.0. The van der Waals surface area contributed by atoms with Gasteiger partial charge in [-0.15, -0.1) is 0 Å². The van der Waals surface area contributed by atoms with Crippen molar-refractivity contribution in [2.24, 2.45) is 0 Å². The predicted molar refractivity (Wildman–Crippen MR) is 60.8 cm³/mol. The van der Waals surface area contributed by atoms with Gasteiger partial charge in [0.25, 0.3) is 0 Å². The van der Waals surface area contributed by atoms with Gasteiger partial charge in [0.1, 0.15) is 5.75 Å². The van der Waals surface area contributed by atoms with Gasteiger partial charge in [-0.3, -0.25) is 4.98 Å². The molecule has 16 heavy (non-hydrogen) atoms. The summed E-state index contributed by atoms with van der Waals surface area (Å²) in [5.41, 5.74) is 1.76. The molecule has 0 aliphatic heterocycles. The van der Waals surface area contributed by atoms with Crippen LogP contribution in [-0.4, -0.2) is 15.0 Å². The minimum atomic E-state index is 0.167. The summed E-state index contributed by atoms with van der Waals surface area (Å²) in [5.74, 6) is 1.08. The summed E-state index contributed by atoms with van der Waals surface area (Å²) >= 11 is 5.69. The highest BCUT2D eigenvalue weighted by molar-refractivity contribution is 6.28. The van der Waals surface area contributed by atoms with Crippen molar-refractivity contribution in [2.45, 2.75) is 13.8 Å². The first kappa shape index (κ1) is 10.8. The van der Waals surface area contributed by atoms with Crippen LogP contribution in [0.15, 0.2) is 24.5 Å². The van der Waals surface area contributed by atoms with Crippen molar-refractivity contribution in [2.75, 3.05) is 0 Å². The highest BCUT2D eigenvalue weighted by atomic mass is 35.5. The van der Waals surface area contributed by atoms with Crippen molar-refractivity contribution in [3.05, 3.63) is 41.1 Å². The van der Waals surface area contributed by atoms with Gasteiger partial charge in [-0.1, -0.05) is 0 Å². The van der Waals surface area contributed by atoms with E-state index in [1.807, 2.05) is 26.0 Å². The van der Waals surface area contributed by atoms with Gasteiger partial charge in [0, 0.05) is 17.5 Å². The summed E-state index contributed by atoms with van der Waals surface area (Å²) < 4.78 is 5.55. The van der Waals surface area contributed by atoms with Crippen molar-refractivity contribution in [3.8, 4) is 11.6 Å². The van der Waals surface area contributed by atoms with Gasteiger partial charge >= 0.3 is 0 Å². The third kappa shape index (κ3) is 2.46. The molecule has 2 rings (SSSR count). The molecule has 0 spiro atoms. The molecule has 0 aromatic carbocycles. The first-order valence-electron chi connectivity index (χ1n) is 4.75. The topological polar surface area (TPSA) is 47.9 Å². The van der Waals surface area contributed by atoms with Gasteiger partial charge in [0.15, 0.2) is 0 Å². The zero-order chi connectivity index (χ0) is 11.5. The van der Waals surface area contributed by atoms with Crippen molar-refractivity contribution in [1.29, 1.82) is 0 Å². The smallest absolute Gasteiger partial charge is 0.226 e. The Labute approximate surface area is 98.3 Å². The van der Waals surface area contributed by atoms with Gasteiger partial charge in [-0.25, -0.2) is 4.98 Å². The van der Waals surface area contributed by atoms with Gasteiger partial charge < -0.3 is 4.74 Å². The molecule has 0 bridgehead atoms. The van der Waals surface area contributed by atoms with E-state index in [2.05, 4.69) is 15.0 Å². The van der Waals surface area contributed by atoms with Crippen LogP contribution in [0.2, 0.25) is 5.28 Å². The lowest BCUT2D eigenvalue weighted by Gasteiger charge is -2.06. The van der Waals surface area contributed by atoms with E-state index in [1.165, 1.54) is 0 Å². The number of aromatic nitrogens is 3. The molecule has 0 saturated carbocycles. The molecule has 2 aromatic heterocycles. The van der Waals surface area contributed by atoms with E-state index in [9.17, 15) is 0 Å². The lowest BCUT2D eigenvalue weighted by atomic mass is 10.3. The molecule has 2 aromatic rings. The molecular weight excluding hydrogens is 226 g/mol. The van der Waals surface area contributed by atoms with Crippen molar-refractivity contribution in [1.82, 2.24) is 15.0 Å². The van der Waals surface area contributed by atoms with Crippen LogP contribution < -0.4 is 4.74 Å². The molecule has 0 atom stereocenters. The van der Waals surface area contributed by atoms with Crippen LogP contribution in [0, 0.1) is 13.8 Å². The molecule has 0 aliphatic carbocycles. The monoisotopic (exact) mass is 235 g/mol. The van der Waals surface area contributed by atoms with E-state index in [0.717, 1.165) is 11.3 Å². The third-order valence-corrected chi connectivity index (χ3v) is 2.18. The second kappa shape index (κ2) is 4.45. The molecule has 4 nitrogen and oxygen atoms in total. The van der Waals surface area contributed by atoms with Crippen LogP contribution in [0.25, 0.3) is 0 Å². The predicted octanol–water partition coefficient (Wildman–Crippen LogP) is 2.93. The number of hydrogen-bond acceptors (Lipinski definition) is 4. The number of aryl methyl sites for hydroxylation is 2. The molecule has 0 amide bonds. The molecule has 82 valence electrons. The lowest BCUT2D eigenvalue weighted by Crippen LogP contribution is -1.94. The Kier molecular flexibility index (Phi) is 3.01. The quantitative estimate of drug-likeness (QED) is 0.751. The minimum absolute atomic E-state index is 0.167. The Hall–Kier alpha value is -1.68. The molecule has 0 radical (unpaired) electrons. The molecule has 0 aliphatic rings. The van der Waals surface area contributed by atoms with E-state index in [4.69, 9.17) is 16.3 Å². The number of ether oxygens (including phenoxy) is 1. The zero-order valence-corrected chi connectivity index (χ0v) is 9.69. The van der Waals surface area contributed by atoms with Gasteiger partial charge in [0.05, 0.1) is 6.20 Å². The van der Waals surface area contributed by atoms with Crippen molar-refractivity contribution >= 4 is 11.6 Å². The van der Waals surface area contributed by atoms with Crippen LogP contribution in [0.3, 0.4) is 0 Å². The van der Waals surface area contributed by atoms with E-state index in [-0.39, 0.29) is 5.28 Å². The van der Waals surface area contributed by atoms with Crippen LogP contribution >= 0.6 is 11.6 Å². The fraction of sp³-hybridized carbons (Fsp3) is 0.182. The van der Waals surface area contributed by atoms with Crippen LogP contribution in [0.1, 0.15) is 11.3 Å². The summed E-state index contributed by atoms with van der Waals surface area (Å²) in [7, 11) is 0. The normalized spacial score (nSPS) is 10.2. The molecular formula is C11H10ClN3O. The SMILES string of the molecule is Cc1ccc(Oc2nc(Cl)ncc2C)cn1. The molecule has 0 unspecified atom stereocenters. The summed E-state index contributed by atoms with van der Waals surface area (Å²) in [6, 6.07) is 3.70.